The number of guanidine groups is 1. The van der Waals surface area contributed by atoms with E-state index in [1.54, 1.807) is 20.2 Å². The van der Waals surface area contributed by atoms with E-state index >= 15 is 0 Å². The van der Waals surface area contributed by atoms with E-state index < -0.39 is 0 Å². The van der Waals surface area contributed by atoms with Crippen molar-refractivity contribution in [2.45, 2.75) is 37.7 Å². The summed E-state index contributed by atoms with van der Waals surface area (Å²) in [4.78, 5) is 4.26. The molecule has 1 unspecified atom stereocenters. The van der Waals surface area contributed by atoms with Crippen LogP contribution in [0.25, 0.3) is 0 Å². The molecule has 0 saturated carbocycles. The Balaban J connectivity index is 0.00000288. The van der Waals surface area contributed by atoms with Crippen LogP contribution in [-0.2, 0) is 17.9 Å². The first-order chi connectivity index (χ1) is 11.1. The molecule has 1 saturated heterocycles. The average molecular weight is 467 g/mol. The summed E-state index contributed by atoms with van der Waals surface area (Å²) in [6.07, 6.45) is 2.52. The standard InChI is InChI=1S/C17H26FN3OS.HI/c1-17(7-4-8-23-17)12-21-16(19-2)20-10-13-5-6-15(18)14(9-13)11-22-3;/h5-6,9H,4,7-8,10-12H2,1-3H3,(H2,19,20,21);1H. The molecule has 136 valence electrons. The van der Waals surface area contributed by atoms with Crippen LogP contribution in [0.15, 0.2) is 23.2 Å². The third kappa shape index (κ3) is 6.40. The van der Waals surface area contributed by atoms with Crippen LogP contribution in [0.4, 0.5) is 4.39 Å². The molecule has 2 rings (SSSR count). The molecule has 1 aliphatic rings. The molecule has 4 nitrogen and oxygen atoms in total. The Kier molecular flexibility index (Phi) is 9.36. The van der Waals surface area contributed by atoms with Gasteiger partial charge in [-0.15, -0.1) is 24.0 Å². The Bertz CT molecular complexity index is 551. The number of benzene rings is 1. The van der Waals surface area contributed by atoms with Gasteiger partial charge in [0.05, 0.1) is 6.61 Å². The lowest BCUT2D eigenvalue weighted by molar-refractivity contribution is 0.181. The zero-order chi connectivity index (χ0) is 16.7. The van der Waals surface area contributed by atoms with E-state index in [2.05, 4.69) is 22.5 Å². The molecular formula is C17H27FIN3OS. The van der Waals surface area contributed by atoms with E-state index in [1.807, 2.05) is 17.8 Å². The largest absolute Gasteiger partial charge is 0.380 e. The lowest BCUT2D eigenvalue weighted by Gasteiger charge is -2.24. The van der Waals surface area contributed by atoms with Crippen molar-refractivity contribution in [1.82, 2.24) is 10.6 Å². The molecule has 1 aromatic carbocycles. The van der Waals surface area contributed by atoms with Crippen LogP contribution in [0.3, 0.4) is 0 Å². The van der Waals surface area contributed by atoms with Gasteiger partial charge in [0.2, 0.25) is 0 Å². The van der Waals surface area contributed by atoms with Crippen molar-refractivity contribution in [2.24, 2.45) is 4.99 Å². The Morgan fingerprint density at radius 2 is 2.21 bits per heavy atom. The molecule has 0 aliphatic carbocycles. The summed E-state index contributed by atoms with van der Waals surface area (Å²) in [6.45, 7) is 4.07. The summed E-state index contributed by atoms with van der Waals surface area (Å²) >= 11 is 2.02. The summed E-state index contributed by atoms with van der Waals surface area (Å²) in [5, 5.41) is 6.67. The quantitative estimate of drug-likeness (QED) is 0.382. The first-order valence-electron chi connectivity index (χ1n) is 7.91. The van der Waals surface area contributed by atoms with Crippen molar-refractivity contribution in [3.63, 3.8) is 0 Å². The maximum absolute atomic E-state index is 13.6. The highest BCUT2D eigenvalue weighted by Crippen LogP contribution is 2.36. The van der Waals surface area contributed by atoms with Crippen LogP contribution >= 0.6 is 35.7 Å². The number of thioether (sulfide) groups is 1. The minimum atomic E-state index is -0.232. The summed E-state index contributed by atoms with van der Waals surface area (Å²) < 4.78 is 18.9. The Hall–Kier alpha value is -0.540. The second-order valence-electron chi connectivity index (χ2n) is 6.04. The molecule has 0 spiro atoms. The Morgan fingerprint density at radius 1 is 1.42 bits per heavy atom. The van der Waals surface area contributed by atoms with Crippen LogP contribution < -0.4 is 10.6 Å². The maximum atomic E-state index is 13.6. The van der Waals surface area contributed by atoms with E-state index in [-0.39, 0.29) is 36.4 Å². The van der Waals surface area contributed by atoms with E-state index in [0.717, 1.165) is 18.1 Å². The van der Waals surface area contributed by atoms with Gasteiger partial charge in [-0.05, 0) is 43.2 Å². The number of methoxy groups -OCH3 is 1. The highest BCUT2D eigenvalue weighted by molar-refractivity contribution is 14.0. The van der Waals surface area contributed by atoms with Crippen molar-refractivity contribution in [3.05, 3.63) is 35.1 Å². The predicted molar refractivity (Wildman–Crippen MR) is 111 cm³/mol. The SMILES string of the molecule is CN=C(NCc1ccc(F)c(COC)c1)NCC1(C)CCCS1.I. The number of nitrogens with one attached hydrogen (secondary N) is 2. The second kappa shape index (κ2) is 10.5. The third-order valence-electron chi connectivity index (χ3n) is 4.02. The van der Waals surface area contributed by atoms with Crippen molar-refractivity contribution >= 4 is 41.7 Å². The van der Waals surface area contributed by atoms with Crippen molar-refractivity contribution < 1.29 is 9.13 Å². The first-order valence-corrected chi connectivity index (χ1v) is 8.89. The molecule has 1 aromatic rings. The van der Waals surface area contributed by atoms with Crippen LogP contribution in [0.1, 0.15) is 30.9 Å². The second-order valence-corrected chi connectivity index (χ2v) is 7.72. The van der Waals surface area contributed by atoms with Gasteiger partial charge in [-0.3, -0.25) is 4.99 Å². The van der Waals surface area contributed by atoms with Crippen molar-refractivity contribution in [2.75, 3.05) is 26.5 Å². The predicted octanol–water partition coefficient (Wildman–Crippen LogP) is 3.54. The highest BCUT2D eigenvalue weighted by Gasteiger charge is 2.29. The molecule has 0 bridgehead atoms. The zero-order valence-corrected chi connectivity index (χ0v) is 17.7. The topological polar surface area (TPSA) is 45.7 Å². The molecular weight excluding hydrogens is 440 g/mol. The number of halogens is 2. The van der Waals surface area contributed by atoms with Crippen LogP contribution in [0.2, 0.25) is 0 Å². The molecule has 0 aromatic heterocycles. The van der Waals surface area contributed by atoms with Gasteiger partial charge in [-0.25, -0.2) is 4.39 Å². The summed E-state index contributed by atoms with van der Waals surface area (Å²) in [7, 11) is 3.33. The molecule has 0 radical (unpaired) electrons. The van der Waals surface area contributed by atoms with Crippen LogP contribution in [-0.4, -0.2) is 37.2 Å². The number of rotatable bonds is 6. The summed E-state index contributed by atoms with van der Waals surface area (Å²) in [6, 6.07) is 5.09. The average Bonchev–Trinajstić information content (AvgIpc) is 2.97. The van der Waals surface area contributed by atoms with Crippen molar-refractivity contribution in [3.8, 4) is 0 Å². The van der Waals surface area contributed by atoms with Crippen LogP contribution in [0.5, 0.6) is 0 Å². The van der Waals surface area contributed by atoms with Gasteiger partial charge in [0.15, 0.2) is 5.96 Å². The van der Waals surface area contributed by atoms with Gasteiger partial charge < -0.3 is 15.4 Å². The van der Waals surface area contributed by atoms with Gasteiger partial charge >= 0.3 is 0 Å². The lowest BCUT2D eigenvalue weighted by Crippen LogP contribution is -2.43. The van der Waals surface area contributed by atoms with Crippen LogP contribution in [0, 0.1) is 5.82 Å². The minimum absolute atomic E-state index is 0. The van der Waals surface area contributed by atoms with Gasteiger partial charge in [0.1, 0.15) is 5.82 Å². The van der Waals surface area contributed by atoms with E-state index in [9.17, 15) is 4.39 Å². The van der Waals surface area contributed by atoms with Crippen molar-refractivity contribution in [1.29, 1.82) is 0 Å². The molecule has 1 aliphatic heterocycles. The summed E-state index contributed by atoms with van der Waals surface area (Å²) in [5.74, 6) is 1.78. The van der Waals surface area contributed by atoms with Gasteiger partial charge in [0.25, 0.3) is 0 Å². The minimum Gasteiger partial charge on any atom is -0.380 e. The van der Waals surface area contributed by atoms with Gasteiger partial charge in [0, 0.05) is 37.6 Å². The maximum Gasteiger partial charge on any atom is 0.191 e. The fraction of sp³-hybridized carbons (Fsp3) is 0.588. The van der Waals surface area contributed by atoms with E-state index in [4.69, 9.17) is 4.74 Å². The van der Waals surface area contributed by atoms with E-state index in [0.29, 0.717) is 16.9 Å². The highest BCUT2D eigenvalue weighted by atomic mass is 127. The normalized spacial score (nSPS) is 20.6. The fourth-order valence-electron chi connectivity index (χ4n) is 2.66. The molecule has 0 amide bonds. The number of hydrogen-bond acceptors (Lipinski definition) is 3. The zero-order valence-electron chi connectivity index (χ0n) is 14.5. The Labute approximate surface area is 165 Å². The fourth-order valence-corrected chi connectivity index (χ4v) is 3.90. The molecule has 7 heteroatoms. The summed E-state index contributed by atoms with van der Waals surface area (Å²) in [5.41, 5.74) is 1.58. The number of nitrogens with zero attached hydrogens (tertiary/aromatic N) is 1. The molecule has 1 heterocycles. The third-order valence-corrected chi connectivity index (χ3v) is 5.56. The molecule has 2 N–H and O–H groups in total. The molecule has 24 heavy (non-hydrogen) atoms. The first kappa shape index (κ1) is 21.5. The van der Waals surface area contributed by atoms with E-state index in [1.165, 1.54) is 24.7 Å². The number of hydrogen-bond donors (Lipinski definition) is 2. The molecule has 1 atom stereocenters. The monoisotopic (exact) mass is 467 g/mol. The number of aliphatic imine (C=N–C) groups is 1. The lowest BCUT2D eigenvalue weighted by atomic mass is 10.1. The molecule has 1 fully saturated rings. The van der Waals surface area contributed by atoms with Gasteiger partial charge in [-0.2, -0.15) is 11.8 Å². The van der Waals surface area contributed by atoms with Gasteiger partial charge in [-0.1, -0.05) is 6.07 Å². The number of ether oxygens (including phenoxy) is 1. The smallest absolute Gasteiger partial charge is 0.191 e. The Morgan fingerprint density at radius 3 is 2.83 bits per heavy atom.